The average molecular weight is 235 g/mol. The van der Waals surface area contributed by atoms with E-state index in [2.05, 4.69) is 9.97 Å². The van der Waals surface area contributed by atoms with E-state index in [0.717, 1.165) is 5.56 Å². The van der Waals surface area contributed by atoms with Crippen molar-refractivity contribution in [1.82, 2.24) is 9.97 Å². The predicted molar refractivity (Wildman–Crippen MR) is 58.8 cm³/mol. The Balaban J connectivity index is 2.53. The van der Waals surface area contributed by atoms with Crippen molar-refractivity contribution in [3.63, 3.8) is 0 Å². The van der Waals surface area contributed by atoms with Crippen LogP contribution in [0, 0.1) is 0 Å². The van der Waals surface area contributed by atoms with Gasteiger partial charge in [-0.3, -0.25) is 9.97 Å². The second kappa shape index (κ2) is 3.99. The van der Waals surface area contributed by atoms with Crippen molar-refractivity contribution in [2.45, 2.75) is 4.90 Å². The van der Waals surface area contributed by atoms with Crippen molar-refractivity contribution in [1.29, 1.82) is 0 Å². The van der Waals surface area contributed by atoms with Gasteiger partial charge < -0.3 is 0 Å². The highest BCUT2D eigenvalue weighted by Crippen LogP contribution is 2.19. The standard InChI is InChI=1S/C10H9N3O2S/c11-16(14,15)10-5-9(6-13-7-10)8-1-3-12-4-2-8/h1-7H,(H2,11,14,15). The van der Waals surface area contributed by atoms with Crippen molar-refractivity contribution >= 4 is 10.0 Å². The van der Waals surface area contributed by atoms with Gasteiger partial charge in [0.15, 0.2) is 0 Å². The molecule has 6 heteroatoms. The lowest BCUT2D eigenvalue weighted by Crippen LogP contribution is -2.12. The summed E-state index contributed by atoms with van der Waals surface area (Å²) in [4.78, 5) is 7.73. The molecule has 0 saturated carbocycles. The van der Waals surface area contributed by atoms with Gasteiger partial charge in [-0.25, -0.2) is 13.6 Å². The maximum atomic E-state index is 11.1. The molecule has 0 aliphatic rings. The fourth-order valence-electron chi connectivity index (χ4n) is 1.28. The summed E-state index contributed by atoms with van der Waals surface area (Å²) < 4.78 is 22.3. The molecule has 0 aliphatic heterocycles. The van der Waals surface area contributed by atoms with E-state index in [1.54, 1.807) is 30.7 Å². The first-order chi connectivity index (χ1) is 7.57. The van der Waals surface area contributed by atoms with Gasteiger partial charge in [-0.05, 0) is 23.8 Å². The molecule has 0 saturated heterocycles. The van der Waals surface area contributed by atoms with E-state index in [1.165, 1.54) is 12.3 Å². The van der Waals surface area contributed by atoms with Crippen LogP contribution in [0.2, 0.25) is 0 Å². The second-order valence-electron chi connectivity index (χ2n) is 3.19. The lowest BCUT2D eigenvalue weighted by atomic mass is 10.1. The highest BCUT2D eigenvalue weighted by molar-refractivity contribution is 7.89. The van der Waals surface area contributed by atoms with Crippen molar-refractivity contribution in [2.75, 3.05) is 0 Å². The van der Waals surface area contributed by atoms with Crippen molar-refractivity contribution in [3.05, 3.63) is 43.0 Å². The van der Waals surface area contributed by atoms with E-state index in [4.69, 9.17) is 5.14 Å². The SMILES string of the molecule is NS(=O)(=O)c1cncc(-c2ccncc2)c1. The van der Waals surface area contributed by atoms with Crippen LogP contribution in [0.4, 0.5) is 0 Å². The lowest BCUT2D eigenvalue weighted by molar-refractivity contribution is 0.597. The van der Waals surface area contributed by atoms with Crippen LogP contribution in [0.5, 0.6) is 0 Å². The van der Waals surface area contributed by atoms with Gasteiger partial charge in [-0.2, -0.15) is 0 Å². The van der Waals surface area contributed by atoms with Crippen LogP contribution in [0.15, 0.2) is 47.9 Å². The normalized spacial score (nSPS) is 11.3. The highest BCUT2D eigenvalue weighted by Gasteiger charge is 2.09. The first-order valence-electron chi connectivity index (χ1n) is 4.45. The second-order valence-corrected chi connectivity index (χ2v) is 4.75. The van der Waals surface area contributed by atoms with Gasteiger partial charge in [-0.15, -0.1) is 0 Å². The molecule has 2 N–H and O–H groups in total. The van der Waals surface area contributed by atoms with Crippen LogP contribution < -0.4 is 5.14 Å². The third-order valence-corrected chi connectivity index (χ3v) is 2.94. The number of primary sulfonamides is 1. The molecular weight excluding hydrogens is 226 g/mol. The summed E-state index contributed by atoms with van der Waals surface area (Å²) in [6.45, 7) is 0. The zero-order chi connectivity index (χ0) is 11.6. The minimum atomic E-state index is -3.71. The summed E-state index contributed by atoms with van der Waals surface area (Å²) in [7, 11) is -3.71. The molecule has 16 heavy (non-hydrogen) atoms. The van der Waals surface area contributed by atoms with E-state index < -0.39 is 10.0 Å². The molecule has 2 aromatic rings. The molecular formula is C10H9N3O2S. The Hall–Kier alpha value is -1.79. The van der Waals surface area contributed by atoms with Crippen molar-refractivity contribution in [3.8, 4) is 11.1 Å². The Morgan fingerprint density at radius 2 is 1.69 bits per heavy atom. The fraction of sp³-hybridized carbons (Fsp3) is 0. The summed E-state index contributed by atoms with van der Waals surface area (Å²) in [5.41, 5.74) is 1.53. The van der Waals surface area contributed by atoms with Crippen LogP contribution in [0.1, 0.15) is 0 Å². The molecule has 0 aliphatic carbocycles. The average Bonchev–Trinajstić information content (AvgIpc) is 2.29. The third-order valence-electron chi connectivity index (χ3n) is 2.06. The molecule has 0 radical (unpaired) electrons. The number of nitrogens with zero attached hydrogens (tertiary/aromatic N) is 2. The molecule has 2 rings (SSSR count). The number of hydrogen-bond acceptors (Lipinski definition) is 4. The quantitative estimate of drug-likeness (QED) is 0.833. The summed E-state index contributed by atoms with van der Waals surface area (Å²) in [5, 5.41) is 5.02. The topological polar surface area (TPSA) is 85.9 Å². The molecule has 0 unspecified atom stereocenters. The monoisotopic (exact) mass is 235 g/mol. The first-order valence-corrected chi connectivity index (χ1v) is 6.00. The van der Waals surface area contributed by atoms with Gasteiger partial charge >= 0.3 is 0 Å². The maximum absolute atomic E-state index is 11.1. The van der Waals surface area contributed by atoms with Crippen LogP contribution >= 0.6 is 0 Å². The molecule has 0 aromatic carbocycles. The van der Waals surface area contributed by atoms with Gasteiger partial charge in [0.1, 0.15) is 4.90 Å². The summed E-state index contributed by atoms with van der Waals surface area (Å²) in [6, 6.07) is 5.02. The smallest absolute Gasteiger partial charge is 0.239 e. The van der Waals surface area contributed by atoms with Crippen molar-refractivity contribution in [2.24, 2.45) is 5.14 Å². The minimum Gasteiger partial charge on any atom is -0.265 e. The largest absolute Gasteiger partial charge is 0.265 e. The molecule has 82 valence electrons. The molecule has 0 spiro atoms. The Kier molecular flexibility index (Phi) is 2.67. The van der Waals surface area contributed by atoms with Gasteiger partial charge in [-0.1, -0.05) is 0 Å². The van der Waals surface area contributed by atoms with E-state index in [9.17, 15) is 8.42 Å². The molecule has 2 aromatic heterocycles. The predicted octanol–water partition coefficient (Wildman–Crippen LogP) is 0.791. The summed E-state index contributed by atoms with van der Waals surface area (Å²) >= 11 is 0. The van der Waals surface area contributed by atoms with Crippen LogP contribution in [0.3, 0.4) is 0 Å². The Morgan fingerprint density at radius 1 is 1.00 bits per heavy atom. The van der Waals surface area contributed by atoms with Crippen LogP contribution in [0.25, 0.3) is 11.1 Å². The zero-order valence-corrected chi connectivity index (χ0v) is 9.05. The van der Waals surface area contributed by atoms with E-state index in [-0.39, 0.29) is 4.90 Å². The number of pyridine rings is 2. The summed E-state index contributed by atoms with van der Waals surface area (Å²) in [5.74, 6) is 0. The number of hydrogen-bond donors (Lipinski definition) is 1. The number of aromatic nitrogens is 2. The number of nitrogens with two attached hydrogens (primary N) is 1. The molecule has 0 atom stereocenters. The summed E-state index contributed by atoms with van der Waals surface area (Å²) in [6.07, 6.45) is 6.04. The van der Waals surface area contributed by atoms with E-state index in [0.29, 0.717) is 5.56 Å². The van der Waals surface area contributed by atoms with Crippen molar-refractivity contribution < 1.29 is 8.42 Å². The van der Waals surface area contributed by atoms with E-state index >= 15 is 0 Å². The minimum absolute atomic E-state index is 0.00168. The van der Waals surface area contributed by atoms with Gasteiger partial charge in [0.2, 0.25) is 10.0 Å². The maximum Gasteiger partial charge on any atom is 0.239 e. The Morgan fingerprint density at radius 3 is 2.31 bits per heavy atom. The van der Waals surface area contributed by atoms with Crippen LogP contribution in [-0.4, -0.2) is 18.4 Å². The molecule has 0 bridgehead atoms. The molecule has 5 nitrogen and oxygen atoms in total. The zero-order valence-electron chi connectivity index (χ0n) is 8.24. The molecule has 2 heterocycles. The highest BCUT2D eigenvalue weighted by atomic mass is 32.2. The molecule has 0 amide bonds. The number of rotatable bonds is 2. The van der Waals surface area contributed by atoms with E-state index in [1.807, 2.05) is 0 Å². The van der Waals surface area contributed by atoms with Gasteiger partial charge in [0, 0.05) is 30.4 Å². The van der Waals surface area contributed by atoms with Crippen LogP contribution in [-0.2, 0) is 10.0 Å². The fourth-order valence-corrected chi connectivity index (χ4v) is 1.78. The lowest BCUT2D eigenvalue weighted by Gasteiger charge is -2.02. The number of sulfonamides is 1. The first kappa shape index (κ1) is 10.7. The molecule has 0 fully saturated rings. The Bertz CT molecular complexity index is 596. The third kappa shape index (κ3) is 2.23. The van der Waals surface area contributed by atoms with Gasteiger partial charge in [0.05, 0.1) is 0 Å². The van der Waals surface area contributed by atoms with Gasteiger partial charge in [0.25, 0.3) is 0 Å². The Labute approximate surface area is 93.0 Å².